The fourth-order valence-corrected chi connectivity index (χ4v) is 4.18. The van der Waals surface area contributed by atoms with E-state index in [4.69, 9.17) is 9.47 Å². The molecule has 0 saturated carbocycles. The van der Waals surface area contributed by atoms with Gasteiger partial charge < -0.3 is 14.8 Å². The van der Waals surface area contributed by atoms with E-state index in [2.05, 4.69) is 27.3 Å². The van der Waals surface area contributed by atoms with Gasteiger partial charge in [0.25, 0.3) is 0 Å². The monoisotopic (exact) mass is 351 g/mol. The van der Waals surface area contributed by atoms with Crippen molar-refractivity contribution in [1.29, 1.82) is 0 Å². The number of fused-ring (bicyclic) bond motifs is 2. The van der Waals surface area contributed by atoms with Crippen LogP contribution in [0.25, 0.3) is 0 Å². The lowest BCUT2D eigenvalue weighted by Crippen LogP contribution is -2.23. The zero-order valence-corrected chi connectivity index (χ0v) is 12.7. The van der Waals surface area contributed by atoms with Crippen molar-refractivity contribution in [2.45, 2.75) is 12.3 Å². The minimum atomic E-state index is 0.0332. The molecule has 0 aliphatic carbocycles. The molecule has 2 aliphatic rings. The molecule has 20 heavy (non-hydrogen) atoms. The first-order chi connectivity index (χ1) is 9.70. The molecule has 4 nitrogen and oxygen atoms in total. The number of ether oxygens (including phenoxy) is 2. The highest BCUT2D eigenvalue weighted by Crippen LogP contribution is 2.46. The van der Waals surface area contributed by atoms with Crippen LogP contribution in [0, 0.1) is 0 Å². The summed E-state index contributed by atoms with van der Waals surface area (Å²) in [7, 11) is 0. The van der Waals surface area contributed by atoms with Crippen molar-refractivity contribution in [1.82, 2.24) is 0 Å². The van der Waals surface area contributed by atoms with Gasteiger partial charge in [0.1, 0.15) is 0 Å². The largest absolute Gasteiger partial charge is 0.454 e. The second-order valence-corrected chi connectivity index (χ2v) is 6.62. The molecule has 2 aromatic rings. The van der Waals surface area contributed by atoms with Gasteiger partial charge in [0, 0.05) is 38.8 Å². The zero-order valence-electron chi connectivity index (χ0n) is 10.3. The number of rotatable bonds is 1. The fraction of sp³-hybridized carbons (Fsp3) is 0.214. The Bertz CT molecular complexity index is 712. The zero-order chi connectivity index (χ0) is 13.7. The van der Waals surface area contributed by atoms with E-state index in [-0.39, 0.29) is 18.6 Å². The van der Waals surface area contributed by atoms with Crippen LogP contribution < -0.4 is 14.8 Å². The number of benzene rings is 1. The van der Waals surface area contributed by atoms with Crippen molar-refractivity contribution in [2.75, 3.05) is 12.1 Å². The lowest BCUT2D eigenvalue weighted by molar-refractivity contribution is -0.116. The van der Waals surface area contributed by atoms with Gasteiger partial charge in [-0.3, -0.25) is 4.79 Å². The number of nitrogens with one attached hydrogen (secondary N) is 1. The molecule has 0 radical (unpaired) electrons. The van der Waals surface area contributed by atoms with Gasteiger partial charge in [-0.1, -0.05) is 0 Å². The minimum Gasteiger partial charge on any atom is -0.454 e. The smallest absolute Gasteiger partial charge is 0.231 e. The lowest BCUT2D eigenvalue weighted by atomic mass is 9.89. The Morgan fingerprint density at radius 3 is 2.80 bits per heavy atom. The van der Waals surface area contributed by atoms with Crippen molar-refractivity contribution in [3.63, 3.8) is 0 Å². The highest BCUT2D eigenvalue weighted by molar-refractivity contribution is 9.10. The lowest BCUT2D eigenvalue weighted by Gasteiger charge is -2.25. The van der Waals surface area contributed by atoms with Gasteiger partial charge in [-0.05, 0) is 33.6 Å². The van der Waals surface area contributed by atoms with E-state index in [9.17, 15) is 4.79 Å². The summed E-state index contributed by atoms with van der Waals surface area (Å²) in [4.78, 5) is 13.1. The molecule has 1 atom stereocenters. The Balaban J connectivity index is 1.85. The first kappa shape index (κ1) is 12.2. The van der Waals surface area contributed by atoms with Crippen LogP contribution in [-0.2, 0) is 4.79 Å². The van der Waals surface area contributed by atoms with Crippen LogP contribution in [0.4, 0.5) is 5.69 Å². The number of carbonyl (C=O) groups is 1. The van der Waals surface area contributed by atoms with E-state index in [1.54, 1.807) is 11.3 Å². The quantitative estimate of drug-likeness (QED) is 0.851. The number of hydrogen-bond donors (Lipinski definition) is 1. The van der Waals surface area contributed by atoms with Gasteiger partial charge in [-0.25, -0.2) is 0 Å². The number of thiophene rings is 1. The molecule has 0 bridgehead atoms. The van der Waals surface area contributed by atoms with Crippen LogP contribution in [0.5, 0.6) is 11.5 Å². The summed E-state index contributed by atoms with van der Waals surface area (Å²) in [6.07, 6.45) is 0.458. The van der Waals surface area contributed by atoms with Crippen LogP contribution in [0.3, 0.4) is 0 Å². The Morgan fingerprint density at radius 2 is 2.05 bits per heavy atom. The molecule has 0 saturated heterocycles. The van der Waals surface area contributed by atoms with Crippen molar-refractivity contribution in [3.05, 3.63) is 38.5 Å². The summed E-state index contributed by atoms with van der Waals surface area (Å²) in [6, 6.07) is 5.90. The predicted octanol–water partition coefficient (Wildman–Crippen LogP) is 3.71. The predicted molar refractivity (Wildman–Crippen MR) is 79.7 cm³/mol. The highest BCUT2D eigenvalue weighted by atomic mass is 79.9. The van der Waals surface area contributed by atoms with Gasteiger partial charge in [-0.15, -0.1) is 11.3 Å². The van der Waals surface area contributed by atoms with Crippen molar-refractivity contribution in [3.8, 4) is 11.5 Å². The average molecular weight is 352 g/mol. The summed E-state index contributed by atoms with van der Waals surface area (Å²) in [5.41, 5.74) is 1.91. The van der Waals surface area contributed by atoms with Crippen molar-refractivity contribution >= 4 is 38.9 Å². The summed E-state index contributed by atoms with van der Waals surface area (Å²) >= 11 is 5.12. The van der Waals surface area contributed by atoms with Crippen LogP contribution in [0.15, 0.2) is 28.1 Å². The first-order valence-corrected chi connectivity index (χ1v) is 7.85. The van der Waals surface area contributed by atoms with Crippen LogP contribution in [0.2, 0.25) is 0 Å². The molecular formula is C14H10BrNO3S. The van der Waals surface area contributed by atoms with Gasteiger partial charge in [0.15, 0.2) is 11.5 Å². The number of amides is 1. The minimum absolute atomic E-state index is 0.0332. The molecule has 1 N–H and O–H groups in total. The van der Waals surface area contributed by atoms with Gasteiger partial charge in [-0.2, -0.15) is 0 Å². The molecule has 102 valence electrons. The summed E-state index contributed by atoms with van der Waals surface area (Å²) in [6.45, 7) is 0.237. The average Bonchev–Trinajstić information content (AvgIpc) is 3.03. The topological polar surface area (TPSA) is 47.6 Å². The Labute approximate surface area is 127 Å². The first-order valence-electron chi connectivity index (χ1n) is 6.18. The summed E-state index contributed by atoms with van der Waals surface area (Å²) in [5, 5.41) is 4.95. The second kappa shape index (κ2) is 4.49. The molecule has 1 aromatic heterocycles. The maximum absolute atomic E-state index is 11.9. The highest BCUT2D eigenvalue weighted by Gasteiger charge is 2.30. The normalized spacial score (nSPS) is 19.6. The Hall–Kier alpha value is -1.53. The molecular weight excluding hydrogens is 342 g/mol. The number of hydrogen-bond acceptors (Lipinski definition) is 4. The van der Waals surface area contributed by atoms with Gasteiger partial charge in [0.05, 0.1) is 0 Å². The van der Waals surface area contributed by atoms with E-state index in [0.29, 0.717) is 12.2 Å². The molecule has 0 fully saturated rings. The molecule has 2 aliphatic heterocycles. The molecule has 1 aromatic carbocycles. The van der Waals surface area contributed by atoms with Crippen LogP contribution in [-0.4, -0.2) is 12.7 Å². The van der Waals surface area contributed by atoms with E-state index < -0.39 is 0 Å². The van der Waals surface area contributed by atoms with E-state index in [0.717, 1.165) is 21.5 Å². The van der Waals surface area contributed by atoms with E-state index >= 15 is 0 Å². The number of halogens is 1. The second-order valence-electron chi connectivity index (χ2n) is 4.76. The fourth-order valence-electron chi connectivity index (χ4n) is 2.62. The maximum atomic E-state index is 11.9. The van der Waals surface area contributed by atoms with Crippen molar-refractivity contribution in [2.24, 2.45) is 0 Å². The van der Waals surface area contributed by atoms with Crippen molar-refractivity contribution < 1.29 is 14.3 Å². The molecule has 0 spiro atoms. The Morgan fingerprint density at radius 1 is 1.25 bits per heavy atom. The SMILES string of the molecule is O=C1C[C@H](c2cc(Br)cs2)c2cc3c(cc2N1)OCO3. The third-order valence-corrected chi connectivity index (χ3v) is 5.32. The third-order valence-electron chi connectivity index (χ3n) is 3.51. The molecule has 6 heteroatoms. The molecule has 3 heterocycles. The molecule has 1 amide bonds. The Kier molecular flexibility index (Phi) is 2.75. The number of carbonyl (C=O) groups excluding carboxylic acids is 1. The maximum Gasteiger partial charge on any atom is 0.231 e. The van der Waals surface area contributed by atoms with E-state index in [1.165, 1.54) is 4.88 Å². The third kappa shape index (κ3) is 1.91. The summed E-state index contributed by atoms with van der Waals surface area (Å²) in [5.74, 6) is 1.55. The molecule has 4 rings (SSSR count). The molecule has 0 unspecified atom stereocenters. The number of anilines is 1. The van der Waals surface area contributed by atoms with Crippen LogP contribution >= 0.6 is 27.3 Å². The summed E-state index contributed by atoms with van der Waals surface area (Å²) < 4.78 is 11.9. The van der Waals surface area contributed by atoms with Gasteiger partial charge >= 0.3 is 0 Å². The van der Waals surface area contributed by atoms with E-state index in [1.807, 2.05) is 17.5 Å². The standard InChI is InChI=1S/C14H10BrNO3S/c15-7-1-13(20-5-7)9-3-14(17)16-10-4-12-11(2-8(9)10)18-6-19-12/h1-2,4-5,9H,3,6H2,(H,16,17)/t9-/m0/s1. The van der Waals surface area contributed by atoms with Crippen LogP contribution in [0.1, 0.15) is 22.8 Å². The van der Waals surface area contributed by atoms with Gasteiger partial charge in [0.2, 0.25) is 12.7 Å².